The lowest BCUT2D eigenvalue weighted by Gasteiger charge is -2.51. The monoisotopic (exact) mass is 311 g/mol. The quantitative estimate of drug-likeness (QED) is 0.796. The van der Waals surface area contributed by atoms with Crippen LogP contribution >= 0.6 is 0 Å². The maximum absolute atomic E-state index is 12.4. The van der Waals surface area contributed by atoms with Crippen LogP contribution in [0.15, 0.2) is 23.1 Å². The van der Waals surface area contributed by atoms with E-state index in [2.05, 4.69) is 4.98 Å². The van der Waals surface area contributed by atoms with Crippen molar-refractivity contribution < 1.29 is 13.2 Å². The molecule has 0 aliphatic carbocycles. The second-order valence-corrected chi connectivity index (χ2v) is 7.58. The van der Waals surface area contributed by atoms with Crippen LogP contribution in [0.5, 0.6) is 0 Å². The maximum atomic E-state index is 12.4. The van der Waals surface area contributed by atoms with Gasteiger partial charge in [-0.05, 0) is 18.4 Å². The van der Waals surface area contributed by atoms with Gasteiger partial charge in [0.15, 0.2) is 0 Å². The molecule has 0 saturated carbocycles. The Morgan fingerprint density at radius 3 is 2.81 bits per heavy atom. The van der Waals surface area contributed by atoms with Gasteiger partial charge in [0.25, 0.3) is 5.91 Å². The van der Waals surface area contributed by atoms with E-state index in [1.54, 1.807) is 11.0 Å². The Kier molecular flexibility index (Phi) is 3.37. The Balaban J connectivity index is 1.76. The van der Waals surface area contributed by atoms with Gasteiger partial charge in [0, 0.05) is 43.5 Å². The number of aromatic nitrogens is 1. The fourth-order valence-corrected chi connectivity index (χ4v) is 4.27. The van der Waals surface area contributed by atoms with Crippen LogP contribution in [0.4, 0.5) is 0 Å². The first kappa shape index (κ1) is 14.3. The molecule has 1 amide bonds. The molecule has 2 atom stereocenters. The summed E-state index contributed by atoms with van der Waals surface area (Å²) in [6.07, 6.45) is 3.43. The molecule has 114 valence electrons. The topological polar surface area (TPSA) is 90.6 Å². The van der Waals surface area contributed by atoms with Crippen LogP contribution in [-0.2, 0) is 10.0 Å². The Labute approximate surface area is 122 Å². The normalized spacial score (nSPS) is 26.0. The van der Waals surface area contributed by atoms with E-state index in [1.165, 1.54) is 22.8 Å². The molecule has 2 saturated heterocycles. The van der Waals surface area contributed by atoms with E-state index < -0.39 is 10.0 Å². The molecule has 0 aromatic carbocycles. The highest BCUT2D eigenvalue weighted by atomic mass is 32.2. The van der Waals surface area contributed by atoms with Gasteiger partial charge in [-0.3, -0.25) is 9.59 Å². The molecule has 21 heavy (non-hydrogen) atoms. The van der Waals surface area contributed by atoms with Gasteiger partial charge < -0.3 is 9.88 Å². The molecule has 2 fully saturated rings. The van der Waals surface area contributed by atoms with Gasteiger partial charge in [-0.25, -0.2) is 8.42 Å². The summed E-state index contributed by atoms with van der Waals surface area (Å²) in [5.41, 5.74) is 0.0135. The van der Waals surface area contributed by atoms with Gasteiger partial charge in [-0.1, -0.05) is 0 Å². The number of piperidine rings is 1. The number of fused-ring (bicyclic) bond motifs is 1. The van der Waals surface area contributed by atoms with Crippen LogP contribution in [0.1, 0.15) is 16.8 Å². The SMILES string of the molecule is CS(=O)(=O)N1C[C@H]2CCN(C(=O)c3cc[nH]c(=O)c3)C[C@H]21. The molecule has 1 aromatic heterocycles. The number of rotatable bonds is 2. The van der Waals surface area contributed by atoms with Crippen LogP contribution in [0, 0.1) is 5.92 Å². The van der Waals surface area contributed by atoms with E-state index in [-0.39, 0.29) is 17.5 Å². The largest absolute Gasteiger partial charge is 0.337 e. The van der Waals surface area contributed by atoms with Crippen molar-refractivity contribution in [1.29, 1.82) is 0 Å². The summed E-state index contributed by atoms with van der Waals surface area (Å²) in [5.74, 6) is 0.114. The van der Waals surface area contributed by atoms with Crippen molar-refractivity contribution in [2.45, 2.75) is 12.5 Å². The molecular formula is C13H17N3O4S. The minimum Gasteiger partial charge on any atom is -0.337 e. The van der Waals surface area contributed by atoms with Crippen molar-refractivity contribution in [2.75, 3.05) is 25.9 Å². The summed E-state index contributed by atoms with van der Waals surface area (Å²) in [5, 5.41) is 0. The summed E-state index contributed by atoms with van der Waals surface area (Å²) >= 11 is 0. The lowest BCUT2D eigenvalue weighted by Crippen LogP contribution is -2.65. The molecular weight excluding hydrogens is 294 g/mol. The van der Waals surface area contributed by atoms with Crippen molar-refractivity contribution in [3.63, 3.8) is 0 Å². The number of likely N-dealkylation sites (tertiary alicyclic amines) is 1. The molecule has 2 aliphatic heterocycles. The second-order valence-electron chi connectivity index (χ2n) is 5.64. The van der Waals surface area contributed by atoms with E-state index in [1.807, 2.05) is 0 Å². The molecule has 0 unspecified atom stereocenters. The minimum absolute atomic E-state index is 0.125. The number of carbonyl (C=O) groups excluding carboxylic acids is 1. The number of H-pyrrole nitrogens is 1. The zero-order valence-corrected chi connectivity index (χ0v) is 12.5. The average Bonchev–Trinajstić information content (AvgIpc) is 2.38. The second kappa shape index (κ2) is 4.96. The van der Waals surface area contributed by atoms with Gasteiger partial charge in [-0.2, -0.15) is 4.31 Å². The molecule has 2 aliphatic rings. The number of pyridine rings is 1. The number of sulfonamides is 1. The molecule has 7 nitrogen and oxygen atoms in total. The Morgan fingerprint density at radius 2 is 2.14 bits per heavy atom. The van der Waals surface area contributed by atoms with Crippen LogP contribution in [0.25, 0.3) is 0 Å². The highest BCUT2D eigenvalue weighted by Gasteiger charge is 2.47. The minimum atomic E-state index is -3.22. The van der Waals surface area contributed by atoms with E-state index in [4.69, 9.17) is 0 Å². The molecule has 0 bridgehead atoms. The van der Waals surface area contributed by atoms with Crippen LogP contribution in [0.3, 0.4) is 0 Å². The van der Waals surface area contributed by atoms with E-state index in [9.17, 15) is 18.0 Å². The number of aromatic amines is 1. The van der Waals surface area contributed by atoms with Crippen molar-refractivity contribution in [2.24, 2.45) is 5.92 Å². The average molecular weight is 311 g/mol. The Hall–Kier alpha value is -1.67. The third-order valence-electron chi connectivity index (χ3n) is 4.24. The lowest BCUT2D eigenvalue weighted by molar-refractivity contribution is 0.0141. The van der Waals surface area contributed by atoms with Gasteiger partial charge in [0.05, 0.1) is 6.26 Å². The zero-order valence-electron chi connectivity index (χ0n) is 11.7. The first-order valence-electron chi connectivity index (χ1n) is 6.81. The van der Waals surface area contributed by atoms with Crippen LogP contribution < -0.4 is 5.56 Å². The molecule has 1 aromatic rings. The van der Waals surface area contributed by atoms with Gasteiger partial charge in [-0.15, -0.1) is 0 Å². The predicted molar refractivity (Wildman–Crippen MR) is 76.4 cm³/mol. The number of hydrogen-bond donors (Lipinski definition) is 1. The number of nitrogens with zero attached hydrogens (tertiary/aromatic N) is 2. The molecule has 3 heterocycles. The molecule has 3 rings (SSSR count). The number of nitrogens with one attached hydrogen (secondary N) is 1. The summed E-state index contributed by atoms with van der Waals surface area (Å²) in [7, 11) is -3.22. The summed E-state index contributed by atoms with van der Waals surface area (Å²) in [6.45, 7) is 1.55. The van der Waals surface area contributed by atoms with Crippen molar-refractivity contribution in [3.8, 4) is 0 Å². The smallest absolute Gasteiger partial charge is 0.254 e. The van der Waals surface area contributed by atoms with E-state index in [0.717, 1.165) is 6.42 Å². The van der Waals surface area contributed by atoms with Crippen LogP contribution in [0.2, 0.25) is 0 Å². The molecule has 0 radical (unpaired) electrons. The van der Waals surface area contributed by atoms with Crippen molar-refractivity contribution >= 4 is 15.9 Å². The van der Waals surface area contributed by atoms with Crippen molar-refractivity contribution in [1.82, 2.24) is 14.2 Å². The lowest BCUT2D eigenvalue weighted by atomic mass is 9.84. The highest BCUT2D eigenvalue weighted by Crippen LogP contribution is 2.34. The van der Waals surface area contributed by atoms with Crippen molar-refractivity contribution in [3.05, 3.63) is 34.2 Å². The fourth-order valence-electron chi connectivity index (χ4n) is 3.07. The van der Waals surface area contributed by atoms with Gasteiger partial charge in [0.1, 0.15) is 0 Å². The summed E-state index contributed by atoms with van der Waals surface area (Å²) in [6, 6.07) is 2.70. The number of hydrogen-bond acceptors (Lipinski definition) is 4. The first-order chi connectivity index (χ1) is 9.86. The molecule has 1 N–H and O–H groups in total. The van der Waals surface area contributed by atoms with E-state index >= 15 is 0 Å². The first-order valence-corrected chi connectivity index (χ1v) is 8.66. The summed E-state index contributed by atoms with van der Waals surface area (Å²) < 4.78 is 24.7. The fraction of sp³-hybridized carbons (Fsp3) is 0.538. The Bertz CT molecular complexity index is 727. The Morgan fingerprint density at radius 1 is 1.38 bits per heavy atom. The molecule has 8 heteroatoms. The van der Waals surface area contributed by atoms with E-state index in [0.29, 0.717) is 31.1 Å². The summed E-state index contributed by atoms with van der Waals surface area (Å²) in [4.78, 5) is 27.8. The third kappa shape index (κ3) is 2.60. The van der Waals surface area contributed by atoms with Gasteiger partial charge >= 0.3 is 0 Å². The van der Waals surface area contributed by atoms with Gasteiger partial charge in [0.2, 0.25) is 15.6 Å². The number of carbonyl (C=O) groups is 1. The zero-order chi connectivity index (χ0) is 15.2. The highest BCUT2D eigenvalue weighted by molar-refractivity contribution is 7.88. The number of amides is 1. The maximum Gasteiger partial charge on any atom is 0.254 e. The molecule has 0 spiro atoms. The van der Waals surface area contributed by atoms with Crippen LogP contribution in [-0.4, -0.2) is 60.4 Å². The standard InChI is InChI=1S/C13H17N3O4S/c1-21(19,20)16-7-10-3-5-15(8-11(10)16)13(18)9-2-4-14-12(17)6-9/h2,4,6,10-11H,3,5,7-8H2,1H3,(H,14,17)/t10-,11-/m1/s1. The predicted octanol–water partition coefficient (Wildman–Crippen LogP) is -0.519. The third-order valence-corrected chi connectivity index (χ3v) is 5.51.